The number of carbonyl (C=O) groups is 1. The topological polar surface area (TPSA) is 106 Å². The van der Waals surface area contributed by atoms with Gasteiger partial charge in [-0.1, -0.05) is 11.8 Å². The van der Waals surface area contributed by atoms with E-state index in [0.717, 1.165) is 5.69 Å². The molecule has 2 aliphatic heterocycles. The molecule has 158 valence electrons. The molecular weight excluding hydrogens is 426 g/mol. The van der Waals surface area contributed by atoms with E-state index in [9.17, 15) is 13.2 Å². The predicted octanol–water partition coefficient (Wildman–Crippen LogP) is 2.64. The molecule has 2 aromatic carbocycles. The summed E-state index contributed by atoms with van der Waals surface area (Å²) in [5.74, 6) is 1.15. The van der Waals surface area contributed by atoms with Crippen LogP contribution in [0.4, 0.5) is 11.4 Å². The Bertz CT molecular complexity index is 1100. The van der Waals surface area contributed by atoms with Crippen molar-refractivity contribution in [3.8, 4) is 11.5 Å². The number of hydrogen-bond acceptors (Lipinski definition) is 8. The molecule has 8 nitrogen and oxygen atoms in total. The van der Waals surface area contributed by atoms with E-state index in [1.54, 1.807) is 49.6 Å². The zero-order valence-electron chi connectivity index (χ0n) is 16.4. The van der Waals surface area contributed by atoms with Gasteiger partial charge in [0.15, 0.2) is 15.0 Å². The van der Waals surface area contributed by atoms with Gasteiger partial charge in [-0.05, 0) is 36.4 Å². The van der Waals surface area contributed by atoms with Crippen LogP contribution in [0, 0.1) is 0 Å². The first kappa shape index (κ1) is 20.5. The number of amides is 1. The van der Waals surface area contributed by atoms with E-state index >= 15 is 0 Å². The molecule has 0 bridgehead atoms. The Morgan fingerprint density at radius 3 is 2.53 bits per heavy atom. The lowest BCUT2D eigenvalue weighted by Gasteiger charge is -2.12. The van der Waals surface area contributed by atoms with Crippen molar-refractivity contribution < 1.29 is 22.7 Å². The van der Waals surface area contributed by atoms with Gasteiger partial charge in [0, 0.05) is 22.6 Å². The number of carbonyl (C=O) groups excluding carboxylic acids is 1. The van der Waals surface area contributed by atoms with Crippen molar-refractivity contribution in [2.75, 3.05) is 36.4 Å². The third-order valence-corrected chi connectivity index (χ3v) is 8.01. The highest BCUT2D eigenvalue weighted by Crippen LogP contribution is 2.34. The second-order valence-corrected chi connectivity index (χ2v) is 10.3. The zero-order valence-corrected chi connectivity index (χ0v) is 18.0. The molecule has 1 amide bonds. The highest BCUT2D eigenvalue weighted by molar-refractivity contribution is 8.15. The number of methoxy groups -OCH3 is 2. The van der Waals surface area contributed by atoms with Crippen LogP contribution in [0.25, 0.3) is 0 Å². The molecule has 2 aromatic rings. The third kappa shape index (κ3) is 4.39. The molecule has 0 spiro atoms. The highest BCUT2D eigenvalue weighted by atomic mass is 32.2. The summed E-state index contributed by atoms with van der Waals surface area (Å²) in [7, 11) is 0.117. The maximum atomic E-state index is 12.6. The molecule has 0 saturated carbocycles. The minimum atomic E-state index is -2.97. The van der Waals surface area contributed by atoms with Crippen molar-refractivity contribution in [1.29, 1.82) is 0 Å². The minimum absolute atomic E-state index is 0.0135. The standard InChI is InChI=1S/C20H21N3O5S2/c1-27-14-7-8-17(28-2)15(9-14)22-19(24)12-3-5-13(6-4-12)21-20-23-16-10-30(25,26)11-18(16)29-20/h3-9,16,18H,10-11H2,1-2H3,(H,21,23)(H,22,24)/t16-,18+/m1/s1. The third-order valence-electron chi connectivity index (χ3n) is 4.87. The van der Waals surface area contributed by atoms with E-state index in [1.165, 1.54) is 18.9 Å². The number of nitrogens with zero attached hydrogens (tertiary/aromatic N) is 1. The molecule has 0 unspecified atom stereocenters. The van der Waals surface area contributed by atoms with Gasteiger partial charge >= 0.3 is 0 Å². The number of thioether (sulfide) groups is 1. The van der Waals surface area contributed by atoms with Crippen molar-refractivity contribution in [2.24, 2.45) is 4.99 Å². The van der Waals surface area contributed by atoms with E-state index < -0.39 is 9.84 Å². The lowest BCUT2D eigenvalue weighted by atomic mass is 10.2. The van der Waals surface area contributed by atoms with Crippen molar-refractivity contribution in [3.05, 3.63) is 48.0 Å². The van der Waals surface area contributed by atoms with Crippen LogP contribution in [0.15, 0.2) is 47.5 Å². The van der Waals surface area contributed by atoms with Crippen LogP contribution >= 0.6 is 11.8 Å². The van der Waals surface area contributed by atoms with Crippen LogP contribution in [-0.2, 0) is 9.84 Å². The van der Waals surface area contributed by atoms with Gasteiger partial charge in [-0.2, -0.15) is 0 Å². The number of amidine groups is 1. The van der Waals surface area contributed by atoms with E-state index in [4.69, 9.17) is 9.47 Å². The first-order valence-corrected chi connectivity index (χ1v) is 11.9. The van der Waals surface area contributed by atoms with Crippen LogP contribution in [0.2, 0.25) is 0 Å². The molecule has 30 heavy (non-hydrogen) atoms. The second-order valence-electron chi connectivity index (χ2n) is 6.96. The second kappa shape index (κ2) is 8.19. The Morgan fingerprint density at radius 2 is 1.87 bits per heavy atom. The molecule has 1 fully saturated rings. The SMILES string of the molecule is COc1ccc(OC)c(NC(=O)c2ccc(NC3=N[C@@H]4CS(=O)(=O)C[C@@H]4S3)cc2)c1. The van der Waals surface area contributed by atoms with Gasteiger partial charge in [-0.25, -0.2) is 8.42 Å². The maximum absolute atomic E-state index is 12.6. The molecular formula is C20H21N3O5S2. The molecule has 0 aliphatic carbocycles. The first-order chi connectivity index (χ1) is 14.4. The van der Waals surface area contributed by atoms with Gasteiger partial charge in [0.1, 0.15) is 11.5 Å². The summed E-state index contributed by atoms with van der Waals surface area (Å²) < 4.78 is 33.8. The summed E-state index contributed by atoms with van der Waals surface area (Å²) >= 11 is 1.45. The predicted molar refractivity (Wildman–Crippen MR) is 119 cm³/mol. The largest absolute Gasteiger partial charge is 0.497 e. The highest BCUT2D eigenvalue weighted by Gasteiger charge is 2.42. The fourth-order valence-electron chi connectivity index (χ4n) is 3.35. The number of aliphatic imine (C=N–C) groups is 1. The van der Waals surface area contributed by atoms with Gasteiger partial charge in [0.25, 0.3) is 5.91 Å². The summed E-state index contributed by atoms with van der Waals surface area (Å²) in [6.07, 6.45) is 0. The van der Waals surface area contributed by atoms with Crippen LogP contribution in [0.1, 0.15) is 10.4 Å². The molecule has 2 heterocycles. The van der Waals surface area contributed by atoms with Gasteiger partial charge < -0.3 is 20.1 Å². The van der Waals surface area contributed by atoms with Gasteiger partial charge in [-0.15, -0.1) is 0 Å². The Labute approximate surface area is 179 Å². The fraction of sp³-hybridized carbons (Fsp3) is 0.300. The molecule has 10 heteroatoms. The average molecular weight is 448 g/mol. The summed E-state index contributed by atoms with van der Waals surface area (Å²) in [6, 6.07) is 12.0. The van der Waals surface area contributed by atoms with E-state index in [1.807, 2.05) is 0 Å². The number of sulfone groups is 1. The summed E-state index contributed by atoms with van der Waals surface area (Å²) in [4.78, 5) is 17.1. The van der Waals surface area contributed by atoms with E-state index in [2.05, 4.69) is 15.6 Å². The Balaban J connectivity index is 1.41. The number of nitrogens with one attached hydrogen (secondary N) is 2. The number of ether oxygens (including phenoxy) is 2. The molecule has 1 saturated heterocycles. The fourth-order valence-corrected chi connectivity index (χ4v) is 7.03. The van der Waals surface area contributed by atoms with Gasteiger partial charge in [-0.3, -0.25) is 9.79 Å². The summed E-state index contributed by atoms with van der Waals surface area (Å²) in [6.45, 7) is 0. The van der Waals surface area contributed by atoms with Crippen LogP contribution in [0.3, 0.4) is 0 Å². The number of hydrogen-bond donors (Lipinski definition) is 2. The molecule has 0 radical (unpaired) electrons. The Kier molecular flexibility index (Phi) is 5.61. The lowest BCUT2D eigenvalue weighted by Crippen LogP contribution is -2.13. The molecule has 2 atom stereocenters. The van der Waals surface area contributed by atoms with Crippen molar-refractivity contribution >= 4 is 44.0 Å². The average Bonchev–Trinajstić information content (AvgIpc) is 3.20. The van der Waals surface area contributed by atoms with E-state index in [0.29, 0.717) is 27.9 Å². The summed E-state index contributed by atoms with van der Waals surface area (Å²) in [5, 5.41) is 6.72. The smallest absolute Gasteiger partial charge is 0.255 e. The minimum Gasteiger partial charge on any atom is -0.497 e. The Hall–Kier alpha value is -2.72. The van der Waals surface area contributed by atoms with Crippen LogP contribution in [-0.4, -0.2) is 56.5 Å². The molecule has 0 aromatic heterocycles. The van der Waals surface area contributed by atoms with Gasteiger partial charge in [0.05, 0.1) is 37.5 Å². The van der Waals surface area contributed by atoms with Crippen molar-refractivity contribution in [2.45, 2.75) is 11.3 Å². The summed E-state index contributed by atoms with van der Waals surface area (Å²) in [5.41, 5.74) is 1.77. The number of fused-ring (bicyclic) bond motifs is 1. The number of anilines is 2. The van der Waals surface area contributed by atoms with Crippen molar-refractivity contribution in [1.82, 2.24) is 0 Å². The first-order valence-electron chi connectivity index (χ1n) is 9.22. The Morgan fingerprint density at radius 1 is 1.10 bits per heavy atom. The van der Waals surface area contributed by atoms with E-state index in [-0.39, 0.29) is 28.7 Å². The van der Waals surface area contributed by atoms with Gasteiger partial charge in [0.2, 0.25) is 0 Å². The normalized spacial score (nSPS) is 21.5. The molecule has 4 rings (SSSR count). The molecule has 2 N–H and O–H groups in total. The number of rotatable bonds is 5. The monoisotopic (exact) mass is 447 g/mol. The number of benzene rings is 2. The van der Waals surface area contributed by atoms with Crippen LogP contribution in [0.5, 0.6) is 11.5 Å². The van der Waals surface area contributed by atoms with Crippen LogP contribution < -0.4 is 20.1 Å². The molecule has 2 aliphatic rings. The zero-order chi connectivity index (χ0) is 21.3. The van der Waals surface area contributed by atoms with Crippen molar-refractivity contribution in [3.63, 3.8) is 0 Å². The lowest BCUT2D eigenvalue weighted by molar-refractivity contribution is 0.102. The quantitative estimate of drug-likeness (QED) is 0.726. The maximum Gasteiger partial charge on any atom is 0.255 e.